The summed E-state index contributed by atoms with van der Waals surface area (Å²) in [5.41, 5.74) is 2.57. The molecule has 2 aromatic carbocycles. The number of amides is 1. The van der Waals surface area contributed by atoms with E-state index in [1.54, 1.807) is 0 Å². The lowest BCUT2D eigenvalue weighted by Gasteiger charge is -2.11. The molecule has 6 nitrogen and oxygen atoms in total. The Bertz CT molecular complexity index is 813. The van der Waals surface area contributed by atoms with Gasteiger partial charge in [-0.2, -0.15) is 5.10 Å². The number of nitrogens with zero attached hydrogens (tertiary/aromatic N) is 2. The van der Waals surface area contributed by atoms with E-state index in [1.807, 2.05) is 30.3 Å². The Morgan fingerprint density at radius 3 is 2.48 bits per heavy atom. The molecule has 0 saturated carbocycles. The number of hydrogen-bond acceptors (Lipinski definition) is 5. The van der Waals surface area contributed by atoms with Crippen molar-refractivity contribution >= 4 is 23.9 Å². The highest BCUT2D eigenvalue weighted by molar-refractivity contribution is 6.02. The van der Waals surface area contributed by atoms with E-state index in [2.05, 4.69) is 5.10 Å². The molecular formula is C19H16N2O4. The first-order chi connectivity index (χ1) is 12.2. The van der Waals surface area contributed by atoms with Crippen molar-refractivity contribution in [2.45, 2.75) is 6.42 Å². The van der Waals surface area contributed by atoms with Crippen molar-refractivity contribution in [3.05, 3.63) is 71.3 Å². The molecule has 1 aliphatic heterocycles. The summed E-state index contributed by atoms with van der Waals surface area (Å²) in [6, 6.07) is 15.6. The van der Waals surface area contributed by atoms with Crippen LogP contribution < -0.4 is 0 Å². The second-order valence-electron chi connectivity index (χ2n) is 5.50. The molecule has 0 N–H and O–H groups in total. The third kappa shape index (κ3) is 3.98. The molecule has 0 fully saturated rings. The summed E-state index contributed by atoms with van der Waals surface area (Å²) in [6.07, 6.45) is 1.35. The van der Waals surface area contributed by atoms with Gasteiger partial charge in [-0.15, -0.1) is 0 Å². The van der Waals surface area contributed by atoms with E-state index in [1.165, 1.54) is 29.3 Å². The molecule has 1 aliphatic rings. The van der Waals surface area contributed by atoms with Gasteiger partial charge >= 0.3 is 5.97 Å². The molecule has 3 rings (SSSR count). The fourth-order valence-corrected chi connectivity index (χ4v) is 2.45. The number of benzene rings is 2. The largest absolute Gasteiger partial charge is 0.452 e. The number of hydrogen-bond donors (Lipinski definition) is 0. The Hall–Kier alpha value is -3.28. The van der Waals surface area contributed by atoms with Gasteiger partial charge in [0.05, 0.1) is 17.8 Å². The normalized spacial score (nSPS) is 13.3. The highest BCUT2D eigenvalue weighted by atomic mass is 16.5. The standard InChI is InChI=1S/C19H16N2O4/c22-12-14-6-8-16(9-7-14)19(24)25-13-18(23)21-11-10-17(20-21)15-4-2-1-3-5-15/h1-9,12H,10-11,13H2. The molecule has 6 heteroatoms. The van der Waals surface area contributed by atoms with Crippen LogP contribution in [0, 0.1) is 0 Å². The van der Waals surface area contributed by atoms with Gasteiger partial charge < -0.3 is 4.74 Å². The highest BCUT2D eigenvalue weighted by Gasteiger charge is 2.22. The van der Waals surface area contributed by atoms with E-state index in [-0.39, 0.29) is 18.1 Å². The van der Waals surface area contributed by atoms with Crippen LogP contribution in [-0.2, 0) is 9.53 Å². The van der Waals surface area contributed by atoms with Crippen molar-refractivity contribution in [3.63, 3.8) is 0 Å². The SMILES string of the molecule is O=Cc1ccc(C(=O)OCC(=O)N2CCC(c3ccccc3)=N2)cc1. The summed E-state index contributed by atoms with van der Waals surface area (Å²) in [4.78, 5) is 34.7. The van der Waals surface area contributed by atoms with Gasteiger partial charge in [0.1, 0.15) is 6.29 Å². The van der Waals surface area contributed by atoms with E-state index in [0.717, 1.165) is 11.3 Å². The van der Waals surface area contributed by atoms with Crippen molar-refractivity contribution in [3.8, 4) is 0 Å². The summed E-state index contributed by atoms with van der Waals surface area (Å²) in [6.45, 7) is 0.0917. The van der Waals surface area contributed by atoms with Gasteiger partial charge in [-0.3, -0.25) is 9.59 Å². The van der Waals surface area contributed by atoms with Crippen molar-refractivity contribution < 1.29 is 19.1 Å². The molecule has 0 aliphatic carbocycles. The molecule has 0 radical (unpaired) electrons. The van der Waals surface area contributed by atoms with E-state index < -0.39 is 5.97 Å². The smallest absolute Gasteiger partial charge is 0.338 e. The fraction of sp³-hybridized carbons (Fsp3) is 0.158. The average molecular weight is 336 g/mol. The van der Waals surface area contributed by atoms with Crippen molar-refractivity contribution in [1.29, 1.82) is 0 Å². The summed E-state index contributed by atoms with van der Waals surface area (Å²) < 4.78 is 5.03. The molecule has 1 heterocycles. The van der Waals surface area contributed by atoms with Crippen molar-refractivity contribution in [2.24, 2.45) is 5.10 Å². The first kappa shape index (κ1) is 16.6. The van der Waals surface area contributed by atoms with E-state index in [4.69, 9.17) is 4.74 Å². The van der Waals surface area contributed by atoms with E-state index in [9.17, 15) is 14.4 Å². The van der Waals surface area contributed by atoms with Crippen LogP contribution in [0.1, 0.15) is 32.7 Å². The molecule has 2 aromatic rings. The molecule has 0 unspecified atom stereocenters. The molecular weight excluding hydrogens is 320 g/mol. The van der Waals surface area contributed by atoms with Gasteiger partial charge in [-0.05, 0) is 17.7 Å². The van der Waals surface area contributed by atoms with Gasteiger partial charge in [-0.1, -0.05) is 42.5 Å². The molecule has 0 aromatic heterocycles. The molecule has 1 amide bonds. The zero-order valence-electron chi connectivity index (χ0n) is 13.4. The number of ether oxygens (including phenoxy) is 1. The molecule has 126 valence electrons. The number of aldehydes is 1. The minimum absolute atomic E-state index is 0.285. The van der Waals surface area contributed by atoms with Crippen molar-refractivity contribution in [2.75, 3.05) is 13.2 Å². The van der Waals surface area contributed by atoms with Crippen LogP contribution in [0.4, 0.5) is 0 Å². The Morgan fingerprint density at radius 2 is 1.80 bits per heavy atom. The number of carbonyl (C=O) groups is 3. The molecule has 25 heavy (non-hydrogen) atoms. The van der Waals surface area contributed by atoms with Crippen LogP contribution in [0.25, 0.3) is 0 Å². The van der Waals surface area contributed by atoms with Gasteiger partial charge in [-0.25, -0.2) is 9.80 Å². The topological polar surface area (TPSA) is 76.0 Å². The van der Waals surface area contributed by atoms with E-state index >= 15 is 0 Å². The second-order valence-corrected chi connectivity index (χ2v) is 5.50. The number of hydrazone groups is 1. The lowest BCUT2D eigenvalue weighted by atomic mass is 10.1. The average Bonchev–Trinajstić information content (AvgIpc) is 3.17. The Kier molecular flexibility index (Phi) is 4.99. The quantitative estimate of drug-likeness (QED) is 0.620. The first-order valence-electron chi connectivity index (χ1n) is 7.83. The first-order valence-corrected chi connectivity index (χ1v) is 7.83. The van der Waals surface area contributed by atoms with Crippen LogP contribution >= 0.6 is 0 Å². The second kappa shape index (κ2) is 7.53. The maximum absolute atomic E-state index is 12.2. The van der Waals surface area contributed by atoms with Crippen LogP contribution in [0.2, 0.25) is 0 Å². The van der Waals surface area contributed by atoms with Gasteiger partial charge in [0.25, 0.3) is 5.91 Å². The number of carbonyl (C=O) groups excluding carboxylic acids is 3. The van der Waals surface area contributed by atoms with Gasteiger partial charge in [0, 0.05) is 12.0 Å². The molecule has 0 bridgehead atoms. The lowest BCUT2D eigenvalue weighted by Crippen LogP contribution is -2.28. The fourth-order valence-electron chi connectivity index (χ4n) is 2.45. The molecule has 0 saturated heterocycles. The summed E-state index contributed by atoms with van der Waals surface area (Å²) in [5.74, 6) is -0.985. The number of rotatable bonds is 5. The monoisotopic (exact) mass is 336 g/mol. The minimum atomic E-state index is -0.614. The predicted octanol–water partition coefficient (Wildman–Crippen LogP) is 2.29. The van der Waals surface area contributed by atoms with Crippen molar-refractivity contribution in [1.82, 2.24) is 5.01 Å². The Labute approximate surface area is 144 Å². The Balaban J connectivity index is 1.56. The van der Waals surface area contributed by atoms with Crippen LogP contribution in [-0.4, -0.2) is 42.0 Å². The Morgan fingerprint density at radius 1 is 1.08 bits per heavy atom. The van der Waals surface area contributed by atoms with Gasteiger partial charge in [0.2, 0.25) is 0 Å². The summed E-state index contributed by atoms with van der Waals surface area (Å²) in [5, 5.41) is 5.63. The van der Waals surface area contributed by atoms with Crippen LogP contribution in [0.5, 0.6) is 0 Å². The van der Waals surface area contributed by atoms with Crippen LogP contribution in [0.3, 0.4) is 0 Å². The van der Waals surface area contributed by atoms with Crippen LogP contribution in [0.15, 0.2) is 59.7 Å². The summed E-state index contributed by atoms with van der Waals surface area (Å²) in [7, 11) is 0. The molecule has 0 spiro atoms. The predicted molar refractivity (Wildman–Crippen MR) is 91.4 cm³/mol. The maximum atomic E-state index is 12.2. The number of esters is 1. The van der Waals surface area contributed by atoms with E-state index in [0.29, 0.717) is 24.8 Å². The highest BCUT2D eigenvalue weighted by Crippen LogP contribution is 2.14. The third-order valence-corrected chi connectivity index (χ3v) is 3.81. The van der Waals surface area contributed by atoms with Gasteiger partial charge in [0.15, 0.2) is 6.61 Å². The molecule has 0 atom stereocenters. The maximum Gasteiger partial charge on any atom is 0.338 e. The minimum Gasteiger partial charge on any atom is -0.452 e. The third-order valence-electron chi connectivity index (χ3n) is 3.81. The zero-order valence-corrected chi connectivity index (χ0v) is 13.4. The summed E-state index contributed by atoms with van der Waals surface area (Å²) >= 11 is 0. The lowest BCUT2D eigenvalue weighted by molar-refractivity contribution is -0.134. The zero-order chi connectivity index (χ0) is 17.6.